The van der Waals surface area contributed by atoms with Crippen LogP contribution >= 0.6 is 23.2 Å². The number of hydrogen-bond acceptors (Lipinski definition) is 3. The van der Waals surface area contributed by atoms with Crippen LogP contribution in [0.1, 0.15) is 28.1 Å². The molecule has 2 aromatic heterocycles. The van der Waals surface area contributed by atoms with Crippen molar-refractivity contribution in [3.63, 3.8) is 0 Å². The van der Waals surface area contributed by atoms with Crippen LogP contribution in [0.4, 0.5) is 0 Å². The van der Waals surface area contributed by atoms with E-state index in [-0.39, 0.29) is 19.0 Å². The van der Waals surface area contributed by atoms with Crippen molar-refractivity contribution in [2.24, 2.45) is 0 Å². The van der Waals surface area contributed by atoms with Crippen molar-refractivity contribution in [1.29, 1.82) is 0 Å². The average molecular weight is 584 g/mol. The van der Waals surface area contributed by atoms with Crippen LogP contribution in [0.25, 0.3) is 32.9 Å². The molecule has 0 atom stereocenters. The Morgan fingerprint density at radius 3 is 2.17 bits per heavy atom. The van der Waals surface area contributed by atoms with Gasteiger partial charge in [-0.15, -0.1) is 0 Å². The number of aromatic amines is 2. The topological polar surface area (TPSA) is 67.1 Å². The molecule has 7 heteroatoms. The normalized spacial score (nSPS) is 11.3. The Kier molecular flexibility index (Phi) is 7.48. The maximum atomic E-state index is 13.1. The molecular weight excluding hydrogens is 555 g/mol. The molecule has 0 fully saturated rings. The van der Waals surface area contributed by atoms with Gasteiger partial charge in [-0.3, -0.25) is 4.79 Å². The average Bonchev–Trinajstić information content (AvgIpc) is 3.49. The maximum absolute atomic E-state index is 13.1. The second-order valence-electron chi connectivity index (χ2n) is 10.1. The highest BCUT2D eigenvalue weighted by molar-refractivity contribution is 6.30. The monoisotopic (exact) mass is 582 g/mol. The summed E-state index contributed by atoms with van der Waals surface area (Å²) in [6.45, 7) is 2.25. The van der Waals surface area contributed by atoms with E-state index >= 15 is 0 Å². The first-order chi connectivity index (χ1) is 19.9. The minimum absolute atomic E-state index is 0.0974. The van der Waals surface area contributed by atoms with E-state index in [2.05, 4.69) is 23.0 Å². The molecule has 2 heterocycles. The van der Waals surface area contributed by atoms with Gasteiger partial charge in [-0.05, 0) is 60.5 Å². The van der Waals surface area contributed by atoms with E-state index in [0.29, 0.717) is 16.5 Å². The number of aromatic nitrogens is 2. The lowest BCUT2D eigenvalue weighted by Crippen LogP contribution is -2.09. The summed E-state index contributed by atoms with van der Waals surface area (Å²) in [5, 5.41) is 3.45. The van der Waals surface area contributed by atoms with Crippen molar-refractivity contribution in [2.45, 2.75) is 26.4 Å². The van der Waals surface area contributed by atoms with Crippen LogP contribution in [-0.4, -0.2) is 23.0 Å². The third-order valence-corrected chi connectivity index (χ3v) is 7.90. The van der Waals surface area contributed by atoms with E-state index in [1.54, 1.807) is 19.2 Å². The number of methoxy groups -OCH3 is 1. The highest BCUT2D eigenvalue weighted by atomic mass is 35.5. The molecule has 0 saturated carbocycles. The molecule has 0 unspecified atom stereocenters. The standard InChI is InChI=1S/C34H28Cl2N2O3/c1-20-32(34-26(17-21-7-11-23(35)12-8-21)30(40-2)16-15-28(34)37-20)33-25-5-3-4-6-27(25)38-29(33)18-31(39)41-19-22-9-13-24(36)14-10-22/h3-16,37-38H,17-19H2,1-2H3. The van der Waals surface area contributed by atoms with E-state index in [0.717, 1.165) is 66.8 Å². The quantitative estimate of drug-likeness (QED) is 0.176. The molecule has 0 saturated heterocycles. The smallest absolute Gasteiger partial charge is 0.312 e. The first-order valence-corrected chi connectivity index (χ1v) is 14.1. The zero-order chi connectivity index (χ0) is 28.5. The molecule has 0 aliphatic rings. The van der Waals surface area contributed by atoms with Gasteiger partial charge in [-0.2, -0.15) is 0 Å². The number of esters is 1. The van der Waals surface area contributed by atoms with E-state index in [4.69, 9.17) is 32.7 Å². The minimum Gasteiger partial charge on any atom is -0.496 e. The van der Waals surface area contributed by atoms with Gasteiger partial charge in [-0.1, -0.05) is 65.7 Å². The van der Waals surface area contributed by atoms with Crippen LogP contribution in [0.2, 0.25) is 10.0 Å². The fourth-order valence-electron chi connectivity index (χ4n) is 5.51. The summed E-state index contributed by atoms with van der Waals surface area (Å²) in [6.07, 6.45) is 0.753. The number of ether oxygens (including phenoxy) is 2. The van der Waals surface area contributed by atoms with Gasteiger partial charge in [0.1, 0.15) is 12.4 Å². The fourth-order valence-corrected chi connectivity index (χ4v) is 5.76. The van der Waals surface area contributed by atoms with Crippen LogP contribution in [0.3, 0.4) is 0 Å². The second-order valence-corrected chi connectivity index (χ2v) is 11.0. The second kappa shape index (κ2) is 11.4. The number of carbonyl (C=O) groups excluding carboxylic acids is 1. The first-order valence-electron chi connectivity index (χ1n) is 13.3. The Labute approximate surface area is 248 Å². The molecule has 6 rings (SSSR count). The number of aryl methyl sites for hydroxylation is 1. The van der Waals surface area contributed by atoms with Crippen molar-refractivity contribution in [3.05, 3.63) is 123 Å². The maximum Gasteiger partial charge on any atom is 0.312 e. The number of hydrogen-bond donors (Lipinski definition) is 2. The Hall–Kier alpha value is -4.19. The molecule has 6 aromatic rings. The summed E-state index contributed by atoms with van der Waals surface area (Å²) >= 11 is 12.2. The summed E-state index contributed by atoms with van der Waals surface area (Å²) in [6, 6.07) is 27.3. The predicted octanol–water partition coefficient (Wildman–Crippen LogP) is 8.82. The SMILES string of the molecule is COc1ccc2[nH]c(C)c(-c3c(CC(=O)OCc4ccc(Cl)cc4)[nH]c4ccccc34)c2c1Cc1ccc(Cl)cc1. The molecule has 41 heavy (non-hydrogen) atoms. The van der Waals surface area contributed by atoms with Crippen LogP contribution in [-0.2, 0) is 29.0 Å². The lowest BCUT2D eigenvalue weighted by molar-refractivity contribution is -0.144. The molecule has 0 spiro atoms. The number of para-hydroxylation sites is 1. The summed E-state index contributed by atoms with van der Waals surface area (Å²) in [7, 11) is 1.69. The third kappa shape index (κ3) is 5.43. The van der Waals surface area contributed by atoms with Gasteiger partial charge >= 0.3 is 5.97 Å². The van der Waals surface area contributed by atoms with Crippen molar-refractivity contribution in [2.75, 3.05) is 7.11 Å². The number of H-pyrrole nitrogens is 2. The van der Waals surface area contributed by atoms with Gasteiger partial charge in [-0.25, -0.2) is 0 Å². The largest absolute Gasteiger partial charge is 0.496 e. The summed E-state index contributed by atoms with van der Waals surface area (Å²) in [5.41, 5.74) is 8.86. The fraction of sp³-hybridized carbons (Fsp3) is 0.147. The molecule has 0 radical (unpaired) electrons. The molecule has 5 nitrogen and oxygen atoms in total. The van der Waals surface area contributed by atoms with Crippen LogP contribution in [0, 0.1) is 6.92 Å². The minimum atomic E-state index is -0.316. The summed E-state index contributed by atoms with van der Waals surface area (Å²) in [5.74, 6) is 0.487. The van der Waals surface area contributed by atoms with Crippen molar-refractivity contribution >= 4 is 51.0 Å². The van der Waals surface area contributed by atoms with Gasteiger partial charge in [0.25, 0.3) is 0 Å². The molecule has 0 bridgehead atoms. The summed E-state index contributed by atoms with van der Waals surface area (Å²) in [4.78, 5) is 20.2. The van der Waals surface area contributed by atoms with Gasteiger partial charge in [0.2, 0.25) is 0 Å². The van der Waals surface area contributed by atoms with E-state index in [9.17, 15) is 4.79 Å². The lowest BCUT2D eigenvalue weighted by Gasteiger charge is -2.13. The first kappa shape index (κ1) is 27.0. The van der Waals surface area contributed by atoms with Gasteiger partial charge in [0.15, 0.2) is 0 Å². The Bertz CT molecular complexity index is 1870. The highest BCUT2D eigenvalue weighted by Gasteiger charge is 2.24. The number of fused-ring (bicyclic) bond motifs is 2. The van der Waals surface area contributed by atoms with Crippen molar-refractivity contribution in [1.82, 2.24) is 9.97 Å². The summed E-state index contributed by atoms with van der Waals surface area (Å²) < 4.78 is 11.5. The number of carbonyl (C=O) groups is 1. The van der Waals surface area contributed by atoms with Crippen LogP contribution < -0.4 is 4.74 Å². The molecule has 2 N–H and O–H groups in total. The van der Waals surface area contributed by atoms with E-state index in [1.165, 1.54) is 0 Å². The molecule has 0 aliphatic carbocycles. The molecule has 4 aromatic carbocycles. The Morgan fingerprint density at radius 2 is 1.46 bits per heavy atom. The molecule has 0 amide bonds. The van der Waals surface area contributed by atoms with Gasteiger partial charge in [0.05, 0.1) is 13.5 Å². The number of rotatable bonds is 8. The van der Waals surface area contributed by atoms with E-state index < -0.39 is 0 Å². The van der Waals surface area contributed by atoms with Crippen molar-refractivity contribution < 1.29 is 14.3 Å². The highest BCUT2D eigenvalue weighted by Crippen LogP contribution is 2.43. The van der Waals surface area contributed by atoms with Crippen molar-refractivity contribution in [3.8, 4) is 16.9 Å². The Balaban J connectivity index is 1.45. The third-order valence-electron chi connectivity index (χ3n) is 7.40. The zero-order valence-corrected chi connectivity index (χ0v) is 24.2. The van der Waals surface area contributed by atoms with Gasteiger partial charge in [0, 0.05) is 66.4 Å². The van der Waals surface area contributed by atoms with E-state index in [1.807, 2.05) is 66.7 Å². The lowest BCUT2D eigenvalue weighted by atomic mass is 9.92. The predicted molar refractivity (Wildman–Crippen MR) is 166 cm³/mol. The molecular formula is C34H28Cl2N2O3. The van der Waals surface area contributed by atoms with Crippen LogP contribution in [0.5, 0.6) is 5.75 Å². The van der Waals surface area contributed by atoms with Gasteiger partial charge < -0.3 is 19.4 Å². The number of benzene rings is 4. The molecule has 206 valence electrons. The number of nitrogens with one attached hydrogen (secondary N) is 2. The number of halogens is 2. The molecule has 0 aliphatic heterocycles. The van der Waals surface area contributed by atoms with Crippen LogP contribution in [0.15, 0.2) is 84.9 Å². The Morgan fingerprint density at radius 1 is 0.780 bits per heavy atom. The zero-order valence-electron chi connectivity index (χ0n) is 22.7.